The van der Waals surface area contributed by atoms with E-state index in [0.717, 1.165) is 11.1 Å². The molecule has 0 saturated carbocycles. The number of benzene rings is 2. The summed E-state index contributed by atoms with van der Waals surface area (Å²) in [5, 5.41) is 3.04. The van der Waals surface area contributed by atoms with E-state index >= 15 is 0 Å². The Labute approximate surface area is 141 Å². The maximum Gasteiger partial charge on any atom is 0.230 e. The predicted molar refractivity (Wildman–Crippen MR) is 95.0 cm³/mol. The van der Waals surface area contributed by atoms with Gasteiger partial charge in [-0.25, -0.2) is 4.39 Å². The number of rotatable bonds is 6. The van der Waals surface area contributed by atoms with Gasteiger partial charge < -0.3 is 5.32 Å². The van der Waals surface area contributed by atoms with Crippen LogP contribution in [0.4, 0.5) is 4.39 Å². The molecule has 0 fully saturated rings. The number of halogens is 1. The third kappa shape index (κ3) is 5.39. The number of carbonyl (C=O) groups excluding carboxylic acids is 1. The van der Waals surface area contributed by atoms with Crippen molar-refractivity contribution in [2.24, 2.45) is 0 Å². The molecule has 0 bridgehead atoms. The molecule has 0 unspecified atom stereocenters. The summed E-state index contributed by atoms with van der Waals surface area (Å²) >= 11 is 1.53. The monoisotopic (exact) mass is 331 g/mol. The van der Waals surface area contributed by atoms with Crippen molar-refractivity contribution in [3.05, 3.63) is 70.5 Å². The van der Waals surface area contributed by atoms with Crippen LogP contribution < -0.4 is 5.32 Å². The van der Waals surface area contributed by atoms with Crippen molar-refractivity contribution >= 4 is 17.7 Å². The Bertz CT molecular complexity index is 670. The molecule has 0 aliphatic heterocycles. The van der Waals surface area contributed by atoms with Crippen LogP contribution in [0, 0.1) is 19.7 Å². The molecule has 1 atom stereocenters. The molecule has 0 radical (unpaired) electrons. The van der Waals surface area contributed by atoms with Gasteiger partial charge in [-0.1, -0.05) is 35.9 Å². The molecule has 0 saturated heterocycles. The van der Waals surface area contributed by atoms with Crippen LogP contribution >= 0.6 is 11.8 Å². The van der Waals surface area contributed by atoms with Gasteiger partial charge in [0.2, 0.25) is 5.91 Å². The lowest BCUT2D eigenvalue weighted by Gasteiger charge is -2.17. The summed E-state index contributed by atoms with van der Waals surface area (Å²) in [6.45, 7) is 6.11. The first-order valence-electron chi connectivity index (χ1n) is 7.64. The molecule has 1 amide bonds. The van der Waals surface area contributed by atoms with Gasteiger partial charge in [0.25, 0.3) is 0 Å². The minimum Gasteiger partial charge on any atom is -0.349 e. The van der Waals surface area contributed by atoms with Gasteiger partial charge >= 0.3 is 0 Å². The maximum atomic E-state index is 12.8. The van der Waals surface area contributed by atoms with Crippen LogP contribution in [0.15, 0.2) is 42.5 Å². The van der Waals surface area contributed by atoms with Crippen molar-refractivity contribution in [3.63, 3.8) is 0 Å². The Morgan fingerprint density at radius 3 is 2.57 bits per heavy atom. The number of nitrogens with one attached hydrogen (secondary N) is 1. The summed E-state index contributed by atoms with van der Waals surface area (Å²) < 4.78 is 12.8. The molecule has 0 aliphatic rings. The first-order chi connectivity index (χ1) is 11.0. The van der Waals surface area contributed by atoms with Gasteiger partial charge in [-0.05, 0) is 49.6 Å². The summed E-state index contributed by atoms with van der Waals surface area (Å²) in [7, 11) is 0. The van der Waals surface area contributed by atoms with Gasteiger partial charge in [0.15, 0.2) is 0 Å². The number of carbonyl (C=O) groups is 1. The quantitative estimate of drug-likeness (QED) is 0.841. The van der Waals surface area contributed by atoms with Crippen molar-refractivity contribution < 1.29 is 9.18 Å². The average molecular weight is 331 g/mol. The Morgan fingerprint density at radius 2 is 1.87 bits per heavy atom. The van der Waals surface area contributed by atoms with Crippen molar-refractivity contribution in [1.29, 1.82) is 0 Å². The molecule has 0 aromatic heterocycles. The SMILES string of the molecule is Cc1ccc(C)c([C@H](C)NC(=O)CSCc2ccc(F)cc2)c1. The van der Waals surface area contributed by atoms with E-state index in [9.17, 15) is 9.18 Å². The Kier molecular flexibility index (Phi) is 6.22. The fourth-order valence-electron chi connectivity index (χ4n) is 2.43. The summed E-state index contributed by atoms with van der Waals surface area (Å²) in [6, 6.07) is 12.7. The highest BCUT2D eigenvalue weighted by atomic mass is 32.2. The van der Waals surface area contributed by atoms with Crippen LogP contribution in [-0.4, -0.2) is 11.7 Å². The molecular weight excluding hydrogens is 309 g/mol. The van der Waals surface area contributed by atoms with E-state index in [1.165, 1.54) is 35.0 Å². The van der Waals surface area contributed by atoms with Gasteiger partial charge in [0, 0.05) is 5.75 Å². The molecule has 0 spiro atoms. The smallest absolute Gasteiger partial charge is 0.230 e. The van der Waals surface area contributed by atoms with E-state index in [1.807, 2.05) is 6.92 Å². The highest BCUT2D eigenvalue weighted by Crippen LogP contribution is 2.19. The predicted octanol–water partition coefficient (Wildman–Crippen LogP) is 4.55. The molecule has 2 aromatic carbocycles. The van der Waals surface area contributed by atoms with Crippen LogP contribution in [-0.2, 0) is 10.5 Å². The summed E-state index contributed by atoms with van der Waals surface area (Å²) in [6.07, 6.45) is 0. The van der Waals surface area contributed by atoms with Gasteiger partial charge in [0.1, 0.15) is 5.82 Å². The number of aryl methyl sites for hydroxylation is 2. The molecule has 4 heteroatoms. The Hall–Kier alpha value is -1.81. The van der Waals surface area contributed by atoms with Gasteiger partial charge in [-0.3, -0.25) is 4.79 Å². The van der Waals surface area contributed by atoms with Gasteiger partial charge in [0.05, 0.1) is 11.8 Å². The molecule has 0 aliphatic carbocycles. The molecule has 2 aromatic rings. The van der Waals surface area contributed by atoms with E-state index < -0.39 is 0 Å². The van der Waals surface area contributed by atoms with E-state index in [2.05, 4.69) is 37.4 Å². The minimum absolute atomic E-state index is 0.00572. The number of amides is 1. The zero-order valence-corrected chi connectivity index (χ0v) is 14.5. The van der Waals surface area contributed by atoms with Crippen LogP contribution in [0.2, 0.25) is 0 Å². The van der Waals surface area contributed by atoms with E-state index in [-0.39, 0.29) is 17.8 Å². The third-order valence-electron chi connectivity index (χ3n) is 3.69. The number of hydrogen-bond donors (Lipinski definition) is 1. The van der Waals surface area contributed by atoms with E-state index in [0.29, 0.717) is 11.5 Å². The number of thioether (sulfide) groups is 1. The second-order valence-electron chi connectivity index (χ2n) is 5.77. The van der Waals surface area contributed by atoms with Crippen LogP contribution in [0.1, 0.15) is 35.2 Å². The zero-order valence-electron chi connectivity index (χ0n) is 13.7. The Morgan fingerprint density at radius 1 is 1.17 bits per heavy atom. The molecule has 0 heterocycles. The van der Waals surface area contributed by atoms with Crippen LogP contribution in [0.5, 0.6) is 0 Å². The second-order valence-corrected chi connectivity index (χ2v) is 6.75. The first kappa shape index (κ1) is 17.5. The van der Waals surface area contributed by atoms with Crippen molar-refractivity contribution in [2.45, 2.75) is 32.6 Å². The average Bonchev–Trinajstić information content (AvgIpc) is 2.51. The standard InChI is InChI=1S/C19H22FNOS/c1-13-4-5-14(2)18(10-13)15(3)21-19(22)12-23-11-16-6-8-17(20)9-7-16/h4-10,15H,11-12H2,1-3H3,(H,21,22)/t15-/m0/s1. The molecule has 2 nitrogen and oxygen atoms in total. The largest absolute Gasteiger partial charge is 0.349 e. The lowest BCUT2D eigenvalue weighted by Crippen LogP contribution is -2.28. The second kappa shape index (κ2) is 8.16. The van der Waals surface area contributed by atoms with Crippen LogP contribution in [0.3, 0.4) is 0 Å². The lowest BCUT2D eigenvalue weighted by atomic mass is 10.00. The molecule has 122 valence electrons. The highest BCUT2D eigenvalue weighted by Gasteiger charge is 2.12. The van der Waals surface area contributed by atoms with E-state index in [1.54, 1.807) is 12.1 Å². The maximum absolute atomic E-state index is 12.8. The molecule has 1 N–H and O–H groups in total. The molecule has 2 rings (SSSR count). The molecular formula is C19H22FNOS. The van der Waals surface area contributed by atoms with Crippen molar-refractivity contribution in [1.82, 2.24) is 5.32 Å². The summed E-state index contributed by atoms with van der Waals surface area (Å²) in [5.74, 6) is 0.877. The fourth-order valence-corrected chi connectivity index (χ4v) is 3.23. The Balaban J connectivity index is 1.82. The van der Waals surface area contributed by atoms with Crippen molar-refractivity contribution in [3.8, 4) is 0 Å². The van der Waals surface area contributed by atoms with Crippen molar-refractivity contribution in [2.75, 3.05) is 5.75 Å². The third-order valence-corrected chi connectivity index (χ3v) is 4.70. The van der Waals surface area contributed by atoms with Gasteiger partial charge in [-0.2, -0.15) is 0 Å². The lowest BCUT2D eigenvalue weighted by molar-refractivity contribution is -0.119. The fraction of sp³-hybridized carbons (Fsp3) is 0.316. The summed E-state index contributed by atoms with van der Waals surface area (Å²) in [4.78, 5) is 12.1. The summed E-state index contributed by atoms with van der Waals surface area (Å²) in [5.41, 5.74) is 4.55. The first-order valence-corrected chi connectivity index (χ1v) is 8.80. The molecule has 23 heavy (non-hydrogen) atoms. The normalized spacial score (nSPS) is 12.0. The highest BCUT2D eigenvalue weighted by molar-refractivity contribution is 7.99. The number of hydrogen-bond acceptors (Lipinski definition) is 2. The minimum atomic E-state index is -0.237. The van der Waals surface area contributed by atoms with Crippen LogP contribution in [0.25, 0.3) is 0 Å². The zero-order chi connectivity index (χ0) is 16.8. The van der Waals surface area contributed by atoms with E-state index in [4.69, 9.17) is 0 Å². The van der Waals surface area contributed by atoms with Gasteiger partial charge in [-0.15, -0.1) is 11.8 Å². The topological polar surface area (TPSA) is 29.1 Å².